The molecule has 8 heteroatoms. The van der Waals surface area contributed by atoms with Crippen molar-refractivity contribution in [2.24, 2.45) is 0 Å². The Morgan fingerprint density at radius 3 is 2.23 bits per heavy atom. The van der Waals surface area contributed by atoms with Crippen LogP contribution in [0.3, 0.4) is 0 Å². The number of fused-ring (bicyclic) bond motifs is 1. The summed E-state index contributed by atoms with van der Waals surface area (Å²) in [6.07, 6.45) is 2.51. The molecule has 0 saturated heterocycles. The Morgan fingerprint density at radius 1 is 1.13 bits per heavy atom. The van der Waals surface area contributed by atoms with Crippen molar-refractivity contribution in [3.63, 3.8) is 0 Å². The highest BCUT2D eigenvalue weighted by Gasteiger charge is 2.25. The van der Waals surface area contributed by atoms with Gasteiger partial charge >= 0.3 is 5.97 Å². The number of carbonyl (C=O) groups is 1. The second kappa shape index (κ2) is 8.93. The molecule has 2 aromatic heterocycles. The summed E-state index contributed by atoms with van der Waals surface area (Å²) in [6, 6.07) is 3.39. The van der Waals surface area contributed by atoms with Gasteiger partial charge in [-0.25, -0.2) is 13.6 Å². The number of carboxylic acid groups (broad SMARTS) is 1. The Morgan fingerprint density at radius 2 is 1.74 bits per heavy atom. The molecule has 0 amide bonds. The number of aromatic nitrogens is 2. The van der Waals surface area contributed by atoms with E-state index in [9.17, 15) is 19.8 Å². The van der Waals surface area contributed by atoms with Crippen LogP contribution in [-0.2, 0) is 12.8 Å². The average molecular weight is 430 g/mol. The largest absolute Gasteiger partial charge is 0.477 e. The van der Waals surface area contributed by atoms with E-state index < -0.39 is 41.2 Å². The molecule has 1 atom stereocenters. The number of pyridine rings is 2. The Kier molecular flexibility index (Phi) is 6.50. The molecular weight excluding hydrogens is 406 g/mol. The molecule has 0 aliphatic rings. The second-order valence-electron chi connectivity index (χ2n) is 7.32. The van der Waals surface area contributed by atoms with Gasteiger partial charge in [-0.3, -0.25) is 9.78 Å². The van der Waals surface area contributed by atoms with E-state index in [2.05, 4.69) is 4.98 Å². The molecule has 0 saturated carbocycles. The zero-order chi connectivity index (χ0) is 22.9. The minimum Gasteiger partial charge on any atom is -0.477 e. The van der Waals surface area contributed by atoms with E-state index >= 15 is 8.78 Å². The first-order valence-corrected chi connectivity index (χ1v) is 10.2. The standard InChI is InChI=1S/C23H24F2N2O4/c1-4-13-7-12(8-14(5-2)26-13)19-18(24)9-16-21(20(19)25)27(15(6-3)11-28)10-17(22(16)29)23(30)31/h7-10,15,28H,4-6,11H2,1-3H3,(H,30,31). The quantitative estimate of drug-likeness (QED) is 0.589. The van der Waals surface area contributed by atoms with E-state index in [4.69, 9.17) is 0 Å². The minimum atomic E-state index is -1.51. The number of aliphatic hydroxyl groups excluding tert-OH is 1. The molecule has 2 N–H and O–H groups in total. The van der Waals surface area contributed by atoms with Crippen molar-refractivity contribution in [2.45, 2.75) is 46.1 Å². The van der Waals surface area contributed by atoms with Crippen LogP contribution in [0, 0.1) is 11.6 Å². The molecule has 3 rings (SSSR count). The summed E-state index contributed by atoms with van der Waals surface area (Å²) in [4.78, 5) is 28.7. The Hall–Kier alpha value is -3.13. The fourth-order valence-corrected chi connectivity index (χ4v) is 3.72. The smallest absolute Gasteiger partial charge is 0.341 e. The lowest BCUT2D eigenvalue weighted by atomic mass is 9.98. The van der Waals surface area contributed by atoms with Crippen LogP contribution in [-0.4, -0.2) is 32.3 Å². The summed E-state index contributed by atoms with van der Waals surface area (Å²) < 4.78 is 32.2. The third-order valence-corrected chi connectivity index (χ3v) is 5.46. The van der Waals surface area contributed by atoms with E-state index in [0.29, 0.717) is 36.2 Å². The van der Waals surface area contributed by atoms with Crippen molar-refractivity contribution >= 4 is 16.9 Å². The van der Waals surface area contributed by atoms with Gasteiger partial charge in [-0.05, 0) is 43.0 Å². The van der Waals surface area contributed by atoms with Gasteiger partial charge < -0.3 is 14.8 Å². The van der Waals surface area contributed by atoms with Crippen molar-refractivity contribution in [2.75, 3.05) is 6.61 Å². The molecule has 0 radical (unpaired) electrons. The van der Waals surface area contributed by atoms with Crippen molar-refractivity contribution in [3.8, 4) is 11.1 Å². The second-order valence-corrected chi connectivity index (χ2v) is 7.32. The van der Waals surface area contributed by atoms with Gasteiger partial charge in [-0.15, -0.1) is 0 Å². The van der Waals surface area contributed by atoms with E-state index in [0.717, 1.165) is 12.3 Å². The first-order valence-electron chi connectivity index (χ1n) is 10.2. The zero-order valence-electron chi connectivity index (χ0n) is 17.6. The van der Waals surface area contributed by atoms with Gasteiger partial charge in [0.25, 0.3) is 0 Å². The van der Waals surface area contributed by atoms with Crippen LogP contribution in [0.1, 0.15) is 55.0 Å². The number of aryl methyl sites for hydroxylation is 2. The number of hydrogen-bond acceptors (Lipinski definition) is 4. The molecule has 164 valence electrons. The van der Waals surface area contributed by atoms with Crippen LogP contribution in [0.15, 0.2) is 29.2 Å². The Bertz CT molecular complexity index is 1190. The molecule has 3 aromatic rings. The van der Waals surface area contributed by atoms with Gasteiger partial charge in [0.2, 0.25) is 5.43 Å². The average Bonchev–Trinajstić information content (AvgIpc) is 2.75. The normalized spacial score (nSPS) is 12.3. The number of hydrogen-bond donors (Lipinski definition) is 2. The van der Waals surface area contributed by atoms with Crippen molar-refractivity contribution < 1.29 is 23.8 Å². The lowest BCUT2D eigenvalue weighted by molar-refractivity contribution is 0.0694. The van der Waals surface area contributed by atoms with Crippen LogP contribution >= 0.6 is 0 Å². The Labute approximate surface area is 177 Å². The predicted molar refractivity (Wildman–Crippen MR) is 113 cm³/mol. The fourth-order valence-electron chi connectivity index (χ4n) is 3.72. The van der Waals surface area contributed by atoms with Crippen LogP contribution < -0.4 is 5.43 Å². The number of benzene rings is 1. The molecule has 1 unspecified atom stereocenters. The first-order chi connectivity index (χ1) is 14.8. The van der Waals surface area contributed by atoms with Gasteiger partial charge in [0.1, 0.15) is 11.4 Å². The molecule has 0 fully saturated rings. The van der Waals surface area contributed by atoms with E-state index in [1.165, 1.54) is 4.57 Å². The lowest BCUT2D eigenvalue weighted by Gasteiger charge is -2.22. The predicted octanol–water partition coefficient (Wildman–Crippen LogP) is 4.11. The third-order valence-electron chi connectivity index (χ3n) is 5.46. The third kappa shape index (κ3) is 3.95. The van der Waals surface area contributed by atoms with Crippen molar-refractivity contribution in [1.29, 1.82) is 0 Å². The summed E-state index contributed by atoms with van der Waals surface area (Å²) in [7, 11) is 0. The van der Waals surface area contributed by atoms with Gasteiger partial charge in [-0.2, -0.15) is 0 Å². The number of aliphatic hydroxyl groups is 1. The number of halogens is 2. The molecule has 0 aliphatic carbocycles. The molecule has 2 heterocycles. The summed E-state index contributed by atoms with van der Waals surface area (Å²) in [5.41, 5.74) is -0.504. The van der Waals surface area contributed by atoms with Crippen LogP contribution in [0.25, 0.3) is 22.0 Å². The molecule has 0 bridgehead atoms. The van der Waals surface area contributed by atoms with E-state index in [1.807, 2.05) is 13.8 Å². The number of aromatic carboxylic acids is 1. The number of carboxylic acids is 1. The van der Waals surface area contributed by atoms with E-state index in [1.54, 1.807) is 19.1 Å². The number of nitrogens with zero attached hydrogens (tertiary/aromatic N) is 2. The highest BCUT2D eigenvalue weighted by molar-refractivity contribution is 5.94. The SMILES string of the molecule is CCc1cc(-c2c(F)cc3c(=O)c(C(=O)O)cn(C(CC)CO)c3c2F)cc(CC)n1. The van der Waals surface area contributed by atoms with Crippen molar-refractivity contribution in [1.82, 2.24) is 9.55 Å². The maximum absolute atomic E-state index is 15.8. The molecule has 31 heavy (non-hydrogen) atoms. The van der Waals surface area contributed by atoms with Gasteiger partial charge in [0.05, 0.1) is 29.1 Å². The van der Waals surface area contributed by atoms with Crippen LogP contribution in [0.5, 0.6) is 0 Å². The topological polar surface area (TPSA) is 92.4 Å². The zero-order valence-corrected chi connectivity index (χ0v) is 17.6. The van der Waals surface area contributed by atoms with Gasteiger partial charge in [-0.1, -0.05) is 20.8 Å². The monoisotopic (exact) mass is 430 g/mol. The maximum Gasteiger partial charge on any atom is 0.341 e. The Balaban J connectivity index is 2.48. The highest BCUT2D eigenvalue weighted by atomic mass is 19.1. The van der Waals surface area contributed by atoms with Crippen molar-refractivity contribution in [3.05, 3.63) is 63.2 Å². The summed E-state index contributed by atoms with van der Waals surface area (Å²) in [5, 5.41) is 18.8. The van der Waals surface area contributed by atoms with Crippen LogP contribution in [0.2, 0.25) is 0 Å². The molecule has 0 spiro atoms. The lowest BCUT2D eigenvalue weighted by Crippen LogP contribution is -2.23. The molecule has 1 aromatic carbocycles. The molecular formula is C23H24F2N2O4. The van der Waals surface area contributed by atoms with Gasteiger partial charge in [0, 0.05) is 17.6 Å². The number of rotatable bonds is 7. The van der Waals surface area contributed by atoms with Gasteiger partial charge in [0.15, 0.2) is 5.82 Å². The highest BCUT2D eigenvalue weighted by Crippen LogP contribution is 2.33. The summed E-state index contributed by atoms with van der Waals surface area (Å²) in [5.74, 6) is -3.46. The first kappa shape index (κ1) is 22.6. The summed E-state index contributed by atoms with van der Waals surface area (Å²) in [6.45, 7) is 5.10. The molecule has 0 aliphatic heterocycles. The summed E-state index contributed by atoms with van der Waals surface area (Å²) >= 11 is 0. The van der Waals surface area contributed by atoms with Crippen LogP contribution in [0.4, 0.5) is 8.78 Å². The van der Waals surface area contributed by atoms with E-state index in [-0.39, 0.29) is 16.5 Å². The fraction of sp³-hybridized carbons (Fsp3) is 0.348. The maximum atomic E-state index is 15.8. The minimum absolute atomic E-state index is 0.236. The molecule has 6 nitrogen and oxygen atoms in total.